The third-order valence-electron chi connectivity index (χ3n) is 3.96. The van der Waals surface area contributed by atoms with Crippen LogP contribution in [0.2, 0.25) is 0 Å². The first-order valence-electron chi connectivity index (χ1n) is 8.18. The van der Waals surface area contributed by atoms with E-state index in [1.807, 2.05) is 25.1 Å². The number of fused-ring (bicyclic) bond motifs is 1. The van der Waals surface area contributed by atoms with Crippen LogP contribution in [-0.4, -0.2) is 52.4 Å². The van der Waals surface area contributed by atoms with Gasteiger partial charge in [-0.15, -0.1) is 0 Å². The zero-order chi connectivity index (χ0) is 16.9. The monoisotopic (exact) mass is 347 g/mol. The Morgan fingerprint density at radius 3 is 2.79 bits per heavy atom. The number of amides is 1. The Labute approximate surface area is 144 Å². The fourth-order valence-electron chi connectivity index (χ4n) is 2.71. The number of para-hydroxylation sites is 1. The highest BCUT2D eigenvalue weighted by Crippen LogP contribution is 2.19. The molecule has 6 nitrogen and oxygen atoms in total. The molecule has 24 heavy (non-hydrogen) atoms. The van der Waals surface area contributed by atoms with E-state index in [-0.39, 0.29) is 17.2 Å². The van der Waals surface area contributed by atoms with Crippen molar-refractivity contribution in [2.24, 2.45) is 0 Å². The third kappa shape index (κ3) is 3.62. The molecule has 3 rings (SSSR count). The molecule has 1 amide bonds. The summed E-state index contributed by atoms with van der Waals surface area (Å²) in [7, 11) is 0. The highest BCUT2D eigenvalue weighted by atomic mass is 32.2. The summed E-state index contributed by atoms with van der Waals surface area (Å²) in [4.78, 5) is 31.4. The minimum Gasteiger partial charge on any atom is -0.378 e. The molecule has 1 saturated heterocycles. The average molecular weight is 347 g/mol. The van der Waals surface area contributed by atoms with Crippen molar-refractivity contribution in [2.45, 2.75) is 25.0 Å². The summed E-state index contributed by atoms with van der Waals surface area (Å²) < 4.78 is 6.95. The topological polar surface area (TPSA) is 64.4 Å². The number of morpholine rings is 1. The first-order chi connectivity index (χ1) is 11.7. The Morgan fingerprint density at radius 2 is 2.04 bits per heavy atom. The quantitative estimate of drug-likeness (QED) is 0.609. The van der Waals surface area contributed by atoms with Crippen molar-refractivity contribution in [3.63, 3.8) is 0 Å². The highest BCUT2D eigenvalue weighted by Gasteiger charge is 2.18. The minimum atomic E-state index is -0.0382. The lowest BCUT2D eigenvalue weighted by Gasteiger charge is -2.26. The van der Waals surface area contributed by atoms with E-state index >= 15 is 0 Å². The second-order valence-corrected chi connectivity index (χ2v) is 6.59. The molecule has 1 fully saturated rings. The number of carbonyl (C=O) groups is 1. The zero-order valence-corrected chi connectivity index (χ0v) is 14.6. The Balaban J connectivity index is 1.83. The summed E-state index contributed by atoms with van der Waals surface area (Å²) in [6, 6.07) is 7.34. The molecule has 7 heteroatoms. The molecule has 0 N–H and O–H groups in total. The third-order valence-corrected chi connectivity index (χ3v) is 4.92. The molecule has 0 bridgehead atoms. The molecule has 0 radical (unpaired) electrons. The normalized spacial score (nSPS) is 15.0. The number of thioether (sulfide) groups is 1. The minimum absolute atomic E-state index is 0.0382. The predicted molar refractivity (Wildman–Crippen MR) is 94.4 cm³/mol. The molecule has 2 heterocycles. The van der Waals surface area contributed by atoms with Crippen LogP contribution in [0.25, 0.3) is 10.9 Å². The van der Waals surface area contributed by atoms with Crippen molar-refractivity contribution in [2.75, 3.05) is 32.1 Å². The van der Waals surface area contributed by atoms with Gasteiger partial charge in [-0.1, -0.05) is 30.8 Å². The number of aromatic nitrogens is 2. The second kappa shape index (κ2) is 7.81. The van der Waals surface area contributed by atoms with E-state index in [1.54, 1.807) is 15.5 Å². The highest BCUT2D eigenvalue weighted by molar-refractivity contribution is 7.99. The molecule has 0 atom stereocenters. The van der Waals surface area contributed by atoms with Gasteiger partial charge in [0.25, 0.3) is 5.56 Å². The summed E-state index contributed by atoms with van der Waals surface area (Å²) in [6.45, 7) is 5.06. The molecule has 2 aromatic rings. The van der Waals surface area contributed by atoms with Crippen molar-refractivity contribution in [3.05, 3.63) is 34.6 Å². The van der Waals surface area contributed by atoms with Gasteiger partial charge in [-0.05, 0) is 18.6 Å². The standard InChI is InChI=1S/C17H21N3O3S/c1-2-7-20-16(22)13-5-3-4-6-14(13)18-17(20)24-12-15(21)19-8-10-23-11-9-19/h3-6H,2,7-12H2,1H3. The molecule has 1 aliphatic rings. The van der Waals surface area contributed by atoms with Gasteiger partial charge in [-0.2, -0.15) is 0 Å². The van der Waals surface area contributed by atoms with E-state index in [9.17, 15) is 9.59 Å². The Hall–Kier alpha value is -1.86. The van der Waals surface area contributed by atoms with Gasteiger partial charge in [0.1, 0.15) is 0 Å². The molecule has 1 aromatic carbocycles. The summed E-state index contributed by atoms with van der Waals surface area (Å²) in [5.41, 5.74) is 0.639. The van der Waals surface area contributed by atoms with E-state index in [4.69, 9.17) is 4.74 Å². The summed E-state index contributed by atoms with van der Waals surface area (Å²) in [6.07, 6.45) is 0.838. The fraction of sp³-hybridized carbons (Fsp3) is 0.471. The van der Waals surface area contributed by atoms with Crippen LogP contribution in [0, 0.1) is 0 Å². The van der Waals surface area contributed by atoms with E-state index in [0.717, 1.165) is 6.42 Å². The van der Waals surface area contributed by atoms with Crippen LogP contribution in [0.1, 0.15) is 13.3 Å². The van der Waals surface area contributed by atoms with Gasteiger partial charge in [0.05, 0.1) is 29.9 Å². The number of ether oxygens (including phenoxy) is 1. The number of carbonyl (C=O) groups excluding carboxylic acids is 1. The molecule has 0 unspecified atom stereocenters. The Kier molecular flexibility index (Phi) is 5.52. The van der Waals surface area contributed by atoms with Crippen LogP contribution in [0.4, 0.5) is 0 Å². The summed E-state index contributed by atoms with van der Waals surface area (Å²) in [5, 5.41) is 1.23. The van der Waals surface area contributed by atoms with Crippen molar-refractivity contribution < 1.29 is 9.53 Å². The zero-order valence-electron chi connectivity index (χ0n) is 13.7. The molecule has 0 spiro atoms. The van der Waals surface area contributed by atoms with Gasteiger partial charge in [0.15, 0.2) is 5.16 Å². The largest absolute Gasteiger partial charge is 0.378 e. The van der Waals surface area contributed by atoms with E-state index < -0.39 is 0 Å². The molecule has 128 valence electrons. The average Bonchev–Trinajstić information content (AvgIpc) is 2.63. The predicted octanol–water partition coefficient (Wildman–Crippen LogP) is 1.76. The van der Waals surface area contributed by atoms with Gasteiger partial charge < -0.3 is 9.64 Å². The maximum atomic E-state index is 12.7. The van der Waals surface area contributed by atoms with Crippen LogP contribution < -0.4 is 5.56 Å². The van der Waals surface area contributed by atoms with E-state index in [2.05, 4.69) is 4.98 Å². The Morgan fingerprint density at radius 1 is 1.29 bits per heavy atom. The van der Waals surface area contributed by atoms with E-state index in [0.29, 0.717) is 48.9 Å². The smallest absolute Gasteiger partial charge is 0.262 e. The van der Waals surface area contributed by atoms with Crippen LogP contribution in [0.15, 0.2) is 34.2 Å². The molecule has 0 aliphatic carbocycles. The van der Waals surface area contributed by atoms with Gasteiger partial charge in [0, 0.05) is 19.6 Å². The second-order valence-electron chi connectivity index (χ2n) is 5.65. The van der Waals surface area contributed by atoms with Crippen LogP contribution in [-0.2, 0) is 16.1 Å². The lowest BCUT2D eigenvalue weighted by atomic mass is 10.2. The number of nitrogens with zero attached hydrogens (tertiary/aromatic N) is 3. The lowest BCUT2D eigenvalue weighted by Crippen LogP contribution is -2.41. The van der Waals surface area contributed by atoms with Gasteiger partial charge in [-0.3, -0.25) is 14.2 Å². The first-order valence-corrected chi connectivity index (χ1v) is 9.17. The molecular weight excluding hydrogens is 326 g/mol. The number of hydrogen-bond acceptors (Lipinski definition) is 5. The number of hydrogen-bond donors (Lipinski definition) is 0. The molecule has 1 aliphatic heterocycles. The molecule has 0 saturated carbocycles. The van der Waals surface area contributed by atoms with Crippen LogP contribution >= 0.6 is 11.8 Å². The van der Waals surface area contributed by atoms with Crippen molar-refractivity contribution in [3.8, 4) is 0 Å². The maximum Gasteiger partial charge on any atom is 0.262 e. The fourth-order valence-corrected chi connectivity index (χ4v) is 3.64. The first kappa shape index (κ1) is 17.0. The van der Waals surface area contributed by atoms with Gasteiger partial charge >= 0.3 is 0 Å². The Bertz CT molecular complexity index is 784. The van der Waals surface area contributed by atoms with Crippen LogP contribution in [0.3, 0.4) is 0 Å². The van der Waals surface area contributed by atoms with Gasteiger partial charge in [-0.25, -0.2) is 4.98 Å². The van der Waals surface area contributed by atoms with Crippen molar-refractivity contribution >= 4 is 28.6 Å². The SMILES string of the molecule is CCCn1c(SCC(=O)N2CCOCC2)nc2ccccc2c1=O. The van der Waals surface area contributed by atoms with Crippen molar-refractivity contribution in [1.29, 1.82) is 0 Å². The lowest BCUT2D eigenvalue weighted by molar-refractivity contribution is -0.132. The maximum absolute atomic E-state index is 12.7. The summed E-state index contributed by atoms with van der Waals surface area (Å²) in [5.74, 6) is 0.350. The van der Waals surface area contributed by atoms with E-state index in [1.165, 1.54) is 11.8 Å². The summed E-state index contributed by atoms with van der Waals surface area (Å²) >= 11 is 1.34. The number of benzene rings is 1. The molecular formula is C17H21N3O3S. The molecule has 1 aromatic heterocycles. The number of rotatable bonds is 5. The van der Waals surface area contributed by atoms with Gasteiger partial charge in [0.2, 0.25) is 5.91 Å². The van der Waals surface area contributed by atoms with Crippen molar-refractivity contribution in [1.82, 2.24) is 14.5 Å². The van der Waals surface area contributed by atoms with Crippen LogP contribution in [0.5, 0.6) is 0 Å².